The summed E-state index contributed by atoms with van der Waals surface area (Å²) in [6, 6.07) is 5.92. The molecule has 0 unspecified atom stereocenters. The van der Waals surface area contributed by atoms with Crippen LogP contribution in [-0.4, -0.2) is 36.0 Å². The fraction of sp³-hybridized carbons (Fsp3) is 0.529. The number of aromatic amines is 1. The summed E-state index contributed by atoms with van der Waals surface area (Å²) >= 11 is 0. The van der Waals surface area contributed by atoms with E-state index in [1.807, 2.05) is 52.8 Å². The molecule has 0 amide bonds. The Hall–Kier alpha value is -1.89. The summed E-state index contributed by atoms with van der Waals surface area (Å²) in [6.07, 6.45) is 0.384. The molecular weight excluding hydrogens is 326 g/mol. The molecule has 0 saturated carbocycles. The molecule has 0 aliphatic heterocycles. The summed E-state index contributed by atoms with van der Waals surface area (Å²) in [6.45, 7) is 10.1. The van der Waals surface area contributed by atoms with Gasteiger partial charge >= 0.3 is 0 Å². The van der Waals surface area contributed by atoms with Crippen LogP contribution in [0.15, 0.2) is 23.4 Å². The number of hydrogen-bond donors (Lipinski definition) is 1. The van der Waals surface area contributed by atoms with Crippen molar-refractivity contribution >= 4 is 9.84 Å². The van der Waals surface area contributed by atoms with Gasteiger partial charge < -0.3 is 4.74 Å². The number of H-pyrrole nitrogens is 1. The number of nitrogens with one attached hydrogen (secondary N) is 1. The van der Waals surface area contributed by atoms with Gasteiger partial charge in [-0.15, -0.1) is 5.10 Å². The van der Waals surface area contributed by atoms with E-state index in [9.17, 15) is 8.42 Å². The molecule has 0 atom stereocenters. The standard InChI is InChI=1S/C17H25N3O3S/c1-12-8-6-9-13(2)14(12)23-10-7-11-24(21,22)16-18-15(19-20-16)17(3,4)5/h6,8-9H,7,10-11H2,1-5H3,(H,18,19,20). The van der Waals surface area contributed by atoms with Crippen molar-refractivity contribution in [1.29, 1.82) is 0 Å². The first kappa shape index (κ1) is 18.4. The molecule has 0 saturated heterocycles. The smallest absolute Gasteiger partial charge is 0.266 e. The molecule has 7 heteroatoms. The number of hydrogen-bond acceptors (Lipinski definition) is 5. The third kappa shape index (κ3) is 4.35. The third-order valence-corrected chi connectivity index (χ3v) is 5.23. The van der Waals surface area contributed by atoms with Gasteiger partial charge in [-0.3, -0.25) is 5.10 Å². The molecule has 0 aliphatic rings. The fourth-order valence-corrected chi connectivity index (χ4v) is 3.36. The van der Waals surface area contributed by atoms with Gasteiger partial charge in [0.2, 0.25) is 9.84 Å². The van der Waals surface area contributed by atoms with Gasteiger partial charge in [0.15, 0.2) is 0 Å². The van der Waals surface area contributed by atoms with Gasteiger partial charge in [-0.25, -0.2) is 13.4 Å². The second kappa shape index (κ2) is 6.93. The lowest BCUT2D eigenvalue weighted by molar-refractivity contribution is 0.313. The number of benzene rings is 1. The molecule has 0 radical (unpaired) electrons. The van der Waals surface area contributed by atoms with E-state index in [1.54, 1.807) is 0 Å². The summed E-state index contributed by atoms with van der Waals surface area (Å²) in [4.78, 5) is 4.12. The summed E-state index contributed by atoms with van der Waals surface area (Å²) in [7, 11) is -3.51. The van der Waals surface area contributed by atoms with E-state index in [0.717, 1.165) is 16.9 Å². The van der Waals surface area contributed by atoms with E-state index in [1.165, 1.54) is 0 Å². The van der Waals surface area contributed by atoms with Gasteiger partial charge in [-0.2, -0.15) is 0 Å². The lowest BCUT2D eigenvalue weighted by Crippen LogP contribution is -2.15. The summed E-state index contributed by atoms with van der Waals surface area (Å²) < 4.78 is 30.4. The van der Waals surface area contributed by atoms with Crippen LogP contribution in [0.1, 0.15) is 44.1 Å². The Morgan fingerprint density at radius 3 is 2.33 bits per heavy atom. The number of para-hydroxylation sites is 1. The van der Waals surface area contributed by atoms with Crippen molar-refractivity contribution in [2.24, 2.45) is 0 Å². The van der Waals surface area contributed by atoms with Crippen molar-refractivity contribution in [3.8, 4) is 5.75 Å². The van der Waals surface area contributed by atoms with Crippen LogP contribution < -0.4 is 4.74 Å². The van der Waals surface area contributed by atoms with Crippen LogP contribution in [0.4, 0.5) is 0 Å². The Labute approximate surface area is 143 Å². The van der Waals surface area contributed by atoms with Crippen LogP contribution >= 0.6 is 0 Å². The molecule has 132 valence electrons. The second-order valence-corrected chi connectivity index (χ2v) is 8.96. The van der Waals surface area contributed by atoms with E-state index in [0.29, 0.717) is 18.9 Å². The number of aryl methyl sites for hydroxylation is 2. The number of rotatable bonds is 6. The molecule has 1 heterocycles. The molecule has 1 N–H and O–H groups in total. The molecule has 0 bridgehead atoms. The zero-order valence-electron chi connectivity index (χ0n) is 14.9. The van der Waals surface area contributed by atoms with E-state index in [4.69, 9.17) is 4.74 Å². The number of nitrogens with zero attached hydrogens (tertiary/aromatic N) is 2. The van der Waals surface area contributed by atoms with Crippen LogP contribution in [-0.2, 0) is 15.3 Å². The summed E-state index contributed by atoms with van der Waals surface area (Å²) in [5.41, 5.74) is 1.81. The molecule has 0 fully saturated rings. The average molecular weight is 351 g/mol. The Balaban J connectivity index is 1.95. The maximum absolute atomic E-state index is 12.3. The normalized spacial score (nSPS) is 12.4. The molecule has 2 rings (SSSR count). The Morgan fingerprint density at radius 1 is 1.17 bits per heavy atom. The van der Waals surface area contributed by atoms with Crippen molar-refractivity contribution in [3.63, 3.8) is 0 Å². The zero-order chi connectivity index (χ0) is 18.0. The quantitative estimate of drug-likeness (QED) is 0.809. The van der Waals surface area contributed by atoms with Crippen molar-refractivity contribution in [1.82, 2.24) is 15.2 Å². The molecule has 2 aromatic rings. The fourth-order valence-electron chi connectivity index (χ4n) is 2.26. The minimum absolute atomic E-state index is 0.0423. The minimum atomic E-state index is -3.51. The topological polar surface area (TPSA) is 84.9 Å². The Kier molecular flexibility index (Phi) is 5.32. The number of aromatic nitrogens is 3. The van der Waals surface area contributed by atoms with Crippen molar-refractivity contribution in [2.75, 3.05) is 12.4 Å². The predicted octanol–water partition coefficient (Wildman–Crippen LogP) is 2.96. The van der Waals surface area contributed by atoms with E-state index in [2.05, 4.69) is 15.2 Å². The van der Waals surface area contributed by atoms with Gasteiger partial charge in [-0.05, 0) is 31.4 Å². The monoisotopic (exact) mass is 351 g/mol. The molecule has 0 aliphatic carbocycles. The lowest BCUT2D eigenvalue weighted by atomic mass is 9.96. The maximum atomic E-state index is 12.3. The maximum Gasteiger partial charge on any atom is 0.266 e. The second-order valence-electron chi connectivity index (χ2n) is 6.96. The van der Waals surface area contributed by atoms with E-state index < -0.39 is 9.84 Å². The molecule has 6 nitrogen and oxygen atoms in total. The molecule has 1 aromatic carbocycles. The summed E-state index contributed by atoms with van der Waals surface area (Å²) in [5.74, 6) is 1.34. The van der Waals surface area contributed by atoms with Crippen molar-refractivity contribution < 1.29 is 13.2 Å². The number of sulfone groups is 1. The van der Waals surface area contributed by atoms with Crippen LogP contribution in [0.3, 0.4) is 0 Å². The SMILES string of the molecule is Cc1cccc(C)c1OCCCS(=O)(=O)c1n[nH]c(C(C)(C)C)n1. The van der Waals surface area contributed by atoms with Crippen LogP contribution in [0.5, 0.6) is 5.75 Å². The Morgan fingerprint density at radius 2 is 1.79 bits per heavy atom. The molecule has 0 spiro atoms. The van der Waals surface area contributed by atoms with E-state index >= 15 is 0 Å². The van der Waals surface area contributed by atoms with Crippen LogP contribution in [0.2, 0.25) is 0 Å². The first-order valence-electron chi connectivity index (χ1n) is 7.96. The van der Waals surface area contributed by atoms with Crippen LogP contribution in [0, 0.1) is 13.8 Å². The molecule has 24 heavy (non-hydrogen) atoms. The van der Waals surface area contributed by atoms with Gasteiger partial charge in [-0.1, -0.05) is 39.0 Å². The van der Waals surface area contributed by atoms with Gasteiger partial charge in [0.25, 0.3) is 5.16 Å². The van der Waals surface area contributed by atoms with Gasteiger partial charge in [0.1, 0.15) is 11.6 Å². The third-order valence-electron chi connectivity index (χ3n) is 3.67. The highest BCUT2D eigenvalue weighted by Gasteiger charge is 2.24. The Bertz CT molecular complexity index is 784. The zero-order valence-corrected chi connectivity index (χ0v) is 15.7. The molecule has 1 aromatic heterocycles. The van der Waals surface area contributed by atoms with Crippen molar-refractivity contribution in [3.05, 3.63) is 35.2 Å². The van der Waals surface area contributed by atoms with Crippen LogP contribution in [0.25, 0.3) is 0 Å². The largest absolute Gasteiger partial charge is 0.493 e. The number of ether oxygens (including phenoxy) is 1. The van der Waals surface area contributed by atoms with E-state index in [-0.39, 0.29) is 16.3 Å². The molecular formula is C17H25N3O3S. The first-order valence-corrected chi connectivity index (χ1v) is 9.61. The van der Waals surface area contributed by atoms with Gasteiger partial charge in [0, 0.05) is 5.41 Å². The van der Waals surface area contributed by atoms with Gasteiger partial charge in [0.05, 0.1) is 12.4 Å². The minimum Gasteiger partial charge on any atom is -0.493 e. The average Bonchev–Trinajstić information content (AvgIpc) is 2.96. The lowest BCUT2D eigenvalue weighted by Gasteiger charge is -2.13. The highest BCUT2D eigenvalue weighted by molar-refractivity contribution is 7.91. The first-order chi connectivity index (χ1) is 11.1. The predicted molar refractivity (Wildman–Crippen MR) is 93.2 cm³/mol. The highest BCUT2D eigenvalue weighted by atomic mass is 32.2. The summed E-state index contributed by atoms with van der Waals surface area (Å²) in [5, 5.41) is 6.43. The highest BCUT2D eigenvalue weighted by Crippen LogP contribution is 2.23. The van der Waals surface area contributed by atoms with Crippen molar-refractivity contribution in [2.45, 2.75) is 51.6 Å².